The van der Waals surface area contributed by atoms with E-state index in [1.807, 2.05) is 38.4 Å². The van der Waals surface area contributed by atoms with E-state index < -0.39 is 0 Å². The Morgan fingerprint density at radius 2 is 1.50 bits per heavy atom. The molecule has 0 aliphatic carbocycles. The van der Waals surface area contributed by atoms with Gasteiger partial charge in [0.25, 0.3) is 11.8 Å². The van der Waals surface area contributed by atoms with Crippen LogP contribution in [0.3, 0.4) is 0 Å². The average molecular weight is 269 g/mol. The first-order valence-electron chi connectivity index (χ1n) is 6.76. The Morgan fingerprint density at radius 1 is 0.950 bits per heavy atom. The molecule has 1 heterocycles. The molecule has 2 aromatic rings. The SMILES string of the molecule is C[NH+](C)CCN1C(=O)c2cccc3cccc(c23)C1=O. The lowest BCUT2D eigenvalue weighted by atomic mass is 9.94. The molecule has 102 valence electrons. The molecule has 1 N–H and O–H groups in total. The molecule has 4 heteroatoms. The summed E-state index contributed by atoms with van der Waals surface area (Å²) in [4.78, 5) is 27.6. The maximum absolute atomic E-state index is 12.5. The van der Waals surface area contributed by atoms with Gasteiger partial charge in [0.15, 0.2) is 0 Å². The number of amides is 2. The number of likely N-dealkylation sites (N-methyl/N-ethyl adjacent to an activating group) is 1. The number of carbonyl (C=O) groups excluding carboxylic acids is 2. The highest BCUT2D eigenvalue weighted by molar-refractivity contribution is 6.25. The van der Waals surface area contributed by atoms with Crippen molar-refractivity contribution in [1.29, 1.82) is 0 Å². The second kappa shape index (κ2) is 4.72. The minimum Gasteiger partial charge on any atom is -0.338 e. The molecule has 0 saturated heterocycles. The first-order chi connectivity index (χ1) is 9.59. The maximum atomic E-state index is 12.5. The van der Waals surface area contributed by atoms with E-state index in [1.54, 1.807) is 12.1 Å². The Kier molecular flexibility index (Phi) is 3.03. The summed E-state index contributed by atoms with van der Waals surface area (Å²) in [6.07, 6.45) is 0. The van der Waals surface area contributed by atoms with Crippen LogP contribution in [-0.2, 0) is 0 Å². The van der Waals surface area contributed by atoms with E-state index in [0.717, 1.165) is 17.3 Å². The Balaban J connectivity index is 2.11. The predicted octanol–water partition coefficient (Wildman–Crippen LogP) is 0.580. The Hall–Kier alpha value is -2.20. The van der Waals surface area contributed by atoms with Gasteiger partial charge in [-0.3, -0.25) is 14.5 Å². The van der Waals surface area contributed by atoms with Crippen LogP contribution in [-0.4, -0.2) is 43.9 Å². The Labute approximate surface area is 117 Å². The molecule has 0 saturated carbocycles. The molecule has 1 aliphatic rings. The van der Waals surface area contributed by atoms with E-state index in [2.05, 4.69) is 0 Å². The zero-order valence-electron chi connectivity index (χ0n) is 11.6. The van der Waals surface area contributed by atoms with Crippen LogP contribution in [0.25, 0.3) is 10.8 Å². The van der Waals surface area contributed by atoms with Gasteiger partial charge < -0.3 is 4.90 Å². The van der Waals surface area contributed by atoms with Crippen molar-refractivity contribution >= 4 is 22.6 Å². The van der Waals surface area contributed by atoms with Crippen LogP contribution in [0.5, 0.6) is 0 Å². The molecule has 0 atom stereocenters. The summed E-state index contributed by atoms with van der Waals surface area (Å²) in [6.45, 7) is 1.19. The van der Waals surface area contributed by atoms with Crippen molar-refractivity contribution in [1.82, 2.24) is 4.90 Å². The summed E-state index contributed by atoms with van der Waals surface area (Å²) in [7, 11) is 4.02. The van der Waals surface area contributed by atoms with Gasteiger partial charge in [-0.25, -0.2) is 0 Å². The number of hydrogen-bond acceptors (Lipinski definition) is 2. The van der Waals surface area contributed by atoms with E-state index in [9.17, 15) is 9.59 Å². The molecule has 4 nitrogen and oxygen atoms in total. The third kappa shape index (κ3) is 1.89. The zero-order valence-corrected chi connectivity index (χ0v) is 11.6. The fourth-order valence-electron chi connectivity index (χ4n) is 2.62. The van der Waals surface area contributed by atoms with Gasteiger partial charge in [-0.15, -0.1) is 0 Å². The number of rotatable bonds is 3. The van der Waals surface area contributed by atoms with E-state index in [0.29, 0.717) is 17.7 Å². The number of hydrogen-bond donors (Lipinski definition) is 1. The molecule has 2 amide bonds. The van der Waals surface area contributed by atoms with Crippen molar-refractivity contribution < 1.29 is 14.5 Å². The van der Waals surface area contributed by atoms with Crippen LogP contribution in [0.1, 0.15) is 20.7 Å². The molecule has 1 aliphatic heterocycles. The van der Waals surface area contributed by atoms with Crippen LogP contribution in [0, 0.1) is 0 Å². The lowest BCUT2D eigenvalue weighted by molar-refractivity contribution is -0.857. The summed E-state index contributed by atoms with van der Waals surface area (Å²) < 4.78 is 0. The van der Waals surface area contributed by atoms with Gasteiger partial charge >= 0.3 is 0 Å². The number of nitrogens with zero attached hydrogens (tertiary/aromatic N) is 1. The normalized spacial score (nSPS) is 14.4. The van der Waals surface area contributed by atoms with Crippen LogP contribution in [0.15, 0.2) is 36.4 Å². The number of quaternary nitrogens is 1. The van der Waals surface area contributed by atoms with Crippen LogP contribution < -0.4 is 4.90 Å². The van der Waals surface area contributed by atoms with Crippen LogP contribution in [0.2, 0.25) is 0 Å². The van der Waals surface area contributed by atoms with Gasteiger partial charge in [0.2, 0.25) is 0 Å². The molecule has 0 aromatic heterocycles. The smallest absolute Gasteiger partial charge is 0.261 e. The first-order valence-corrected chi connectivity index (χ1v) is 6.76. The number of carbonyl (C=O) groups is 2. The maximum Gasteiger partial charge on any atom is 0.261 e. The van der Waals surface area contributed by atoms with E-state index in [4.69, 9.17) is 0 Å². The van der Waals surface area contributed by atoms with Gasteiger partial charge in [-0.05, 0) is 17.5 Å². The molecular weight excluding hydrogens is 252 g/mol. The first kappa shape index (κ1) is 12.8. The largest absolute Gasteiger partial charge is 0.338 e. The summed E-state index contributed by atoms with van der Waals surface area (Å²) in [5.74, 6) is -0.360. The van der Waals surface area contributed by atoms with Crippen LogP contribution >= 0.6 is 0 Å². The molecule has 0 fully saturated rings. The van der Waals surface area contributed by atoms with E-state index in [-0.39, 0.29) is 11.8 Å². The Morgan fingerprint density at radius 3 is 2.00 bits per heavy atom. The highest BCUT2D eigenvalue weighted by atomic mass is 16.2. The molecule has 0 radical (unpaired) electrons. The minimum atomic E-state index is -0.180. The molecule has 0 bridgehead atoms. The lowest BCUT2D eigenvalue weighted by Gasteiger charge is -2.27. The van der Waals surface area contributed by atoms with Crippen molar-refractivity contribution in [2.45, 2.75) is 0 Å². The van der Waals surface area contributed by atoms with Crippen molar-refractivity contribution in [3.05, 3.63) is 47.5 Å². The third-order valence-corrected chi connectivity index (χ3v) is 3.69. The summed E-state index contributed by atoms with van der Waals surface area (Å²) >= 11 is 0. The lowest BCUT2D eigenvalue weighted by Crippen LogP contribution is -3.06. The Bertz CT molecular complexity index is 656. The molecule has 0 unspecified atom stereocenters. The molecular formula is C16H17N2O2+. The highest BCUT2D eigenvalue weighted by Gasteiger charge is 2.32. The van der Waals surface area contributed by atoms with Crippen molar-refractivity contribution in [2.24, 2.45) is 0 Å². The topological polar surface area (TPSA) is 41.8 Å². The van der Waals surface area contributed by atoms with Gasteiger partial charge in [0.05, 0.1) is 27.2 Å². The van der Waals surface area contributed by atoms with Gasteiger partial charge in [0.1, 0.15) is 0 Å². The molecule has 0 spiro atoms. The monoisotopic (exact) mass is 269 g/mol. The summed E-state index contributed by atoms with van der Waals surface area (Å²) in [5.41, 5.74) is 1.26. The predicted molar refractivity (Wildman–Crippen MR) is 77.0 cm³/mol. The van der Waals surface area contributed by atoms with Crippen molar-refractivity contribution in [2.75, 3.05) is 27.2 Å². The molecule has 20 heavy (non-hydrogen) atoms. The fourth-order valence-corrected chi connectivity index (χ4v) is 2.62. The molecule has 2 aromatic carbocycles. The van der Waals surface area contributed by atoms with Gasteiger partial charge in [-0.1, -0.05) is 24.3 Å². The standard InChI is InChI=1S/C16H16N2O2/c1-17(2)9-10-18-15(19)12-7-3-5-11-6-4-8-13(14(11)12)16(18)20/h3-8H,9-10H2,1-2H3/p+1. The zero-order chi connectivity index (χ0) is 14.3. The fraction of sp³-hybridized carbons (Fsp3) is 0.250. The van der Waals surface area contributed by atoms with Crippen molar-refractivity contribution in [3.63, 3.8) is 0 Å². The van der Waals surface area contributed by atoms with E-state index >= 15 is 0 Å². The number of imide groups is 1. The third-order valence-electron chi connectivity index (χ3n) is 3.69. The number of benzene rings is 2. The summed E-state index contributed by atoms with van der Waals surface area (Å²) in [6, 6.07) is 11.2. The second-order valence-corrected chi connectivity index (χ2v) is 5.43. The van der Waals surface area contributed by atoms with Crippen LogP contribution in [0.4, 0.5) is 0 Å². The minimum absolute atomic E-state index is 0.180. The average Bonchev–Trinajstić information content (AvgIpc) is 2.44. The second-order valence-electron chi connectivity index (χ2n) is 5.43. The van der Waals surface area contributed by atoms with Gasteiger partial charge in [0, 0.05) is 16.5 Å². The summed E-state index contributed by atoms with van der Waals surface area (Å²) in [5, 5.41) is 1.73. The van der Waals surface area contributed by atoms with Gasteiger partial charge in [-0.2, -0.15) is 0 Å². The quantitative estimate of drug-likeness (QED) is 0.828. The van der Waals surface area contributed by atoms with Crippen molar-refractivity contribution in [3.8, 4) is 0 Å². The van der Waals surface area contributed by atoms with E-state index in [1.165, 1.54) is 9.80 Å². The highest BCUT2D eigenvalue weighted by Crippen LogP contribution is 2.29. The molecule has 3 rings (SSSR count). The number of nitrogens with one attached hydrogen (secondary N) is 1.